The van der Waals surface area contributed by atoms with Gasteiger partial charge in [0.15, 0.2) is 0 Å². The summed E-state index contributed by atoms with van der Waals surface area (Å²) in [6.07, 6.45) is 11.6. The highest BCUT2D eigenvalue weighted by Gasteiger charge is 2.52. The first-order valence-corrected chi connectivity index (χ1v) is 9.23. The normalized spacial score (nSPS) is 45.7. The standard InChI is InChI=1S/C18H32N2O/c1-18(14-8-9-14)12-19-17(13-6-7-13)11-20(18)15-4-3-5-16(10-15)21-2/h13-17,19H,3-12H2,1-2H3. The maximum Gasteiger partial charge on any atom is 0.0586 e. The van der Waals surface area contributed by atoms with E-state index in [4.69, 9.17) is 4.74 Å². The van der Waals surface area contributed by atoms with E-state index in [0.29, 0.717) is 11.6 Å². The third kappa shape index (κ3) is 2.77. The Bertz CT molecular complexity index is 379. The molecule has 1 N–H and O–H groups in total. The highest BCUT2D eigenvalue weighted by atomic mass is 16.5. The second-order valence-electron chi connectivity index (χ2n) is 8.29. The number of piperazine rings is 1. The van der Waals surface area contributed by atoms with Crippen molar-refractivity contribution in [1.29, 1.82) is 0 Å². The Morgan fingerprint density at radius 2 is 1.90 bits per heavy atom. The molecule has 4 fully saturated rings. The fourth-order valence-corrected chi connectivity index (χ4v) is 5.01. The SMILES string of the molecule is COC1CCCC(N2CC(C3CC3)NCC2(C)C2CC2)C1. The molecule has 1 saturated heterocycles. The van der Waals surface area contributed by atoms with E-state index < -0.39 is 0 Å². The Kier molecular flexibility index (Phi) is 3.79. The molecule has 1 aliphatic heterocycles. The largest absolute Gasteiger partial charge is 0.381 e. The number of rotatable bonds is 4. The van der Waals surface area contributed by atoms with Crippen molar-refractivity contribution in [2.75, 3.05) is 20.2 Å². The number of nitrogens with zero attached hydrogens (tertiary/aromatic N) is 1. The highest BCUT2D eigenvalue weighted by molar-refractivity contribution is 5.08. The van der Waals surface area contributed by atoms with Gasteiger partial charge in [0, 0.05) is 37.8 Å². The maximum absolute atomic E-state index is 5.70. The van der Waals surface area contributed by atoms with Crippen LogP contribution in [0.25, 0.3) is 0 Å². The van der Waals surface area contributed by atoms with E-state index in [0.717, 1.165) is 23.9 Å². The van der Waals surface area contributed by atoms with Crippen LogP contribution in [0.1, 0.15) is 58.3 Å². The van der Waals surface area contributed by atoms with Gasteiger partial charge >= 0.3 is 0 Å². The summed E-state index contributed by atoms with van der Waals surface area (Å²) in [4.78, 5) is 2.94. The van der Waals surface area contributed by atoms with Crippen LogP contribution in [0.5, 0.6) is 0 Å². The molecule has 0 aromatic rings. The predicted octanol–water partition coefficient (Wildman–Crippen LogP) is 2.80. The molecule has 4 unspecified atom stereocenters. The van der Waals surface area contributed by atoms with Gasteiger partial charge < -0.3 is 10.1 Å². The first kappa shape index (κ1) is 14.5. The number of nitrogens with one attached hydrogen (secondary N) is 1. The number of ether oxygens (including phenoxy) is 1. The van der Waals surface area contributed by atoms with Gasteiger partial charge in [-0.25, -0.2) is 0 Å². The summed E-state index contributed by atoms with van der Waals surface area (Å²) in [5.41, 5.74) is 0.408. The summed E-state index contributed by atoms with van der Waals surface area (Å²) in [5.74, 6) is 1.91. The molecule has 120 valence electrons. The summed E-state index contributed by atoms with van der Waals surface area (Å²) >= 11 is 0. The Labute approximate surface area is 129 Å². The first-order chi connectivity index (χ1) is 10.2. The molecule has 0 bridgehead atoms. The molecule has 4 atom stereocenters. The van der Waals surface area contributed by atoms with Crippen molar-refractivity contribution in [3.05, 3.63) is 0 Å². The topological polar surface area (TPSA) is 24.5 Å². The van der Waals surface area contributed by atoms with Crippen LogP contribution in [-0.2, 0) is 4.74 Å². The average Bonchev–Trinajstić information content (AvgIpc) is 3.40. The van der Waals surface area contributed by atoms with Crippen LogP contribution < -0.4 is 5.32 Å². The van der Waals surface area contributed by atoms with Gasteiger partial charge in [-0.05, 0) is 70.1 Å². The van der Waals surface area contributed by atoms with Crippen LogP contribution in [0, 0.1) is 11.8 Å². The minimum atomic E-state index is 0.408. The van der Waals surface area contributed by atoms with Gasteiger partial charge in [-0.3, -0.25) is 4.90 Å². The Morgan fingerprint density at radius 3 is 2.57 bits per heavy atom. The summed E-state index contributed by atoms with van der Waals surface area (Å²) in [6, 6.07) is 1.53. The Morgan fingerprint density at radius 1 is 1.10 bits per heavy atom. The van der Waals surface area contributed by atoms with Crippen LogP contribution >= 0.6 is 0 Å². The summed E-state index contributed by atoms with van der Waals surface area (Å²) < 4.78 is 5.70. The minimum Gasteiger partial charge on any atom is -0.381 e. The molecule has 0 amide bonds. The van der Waals surface area contributed by atoms with Crippen molar-refractivity contribution in [2.24, 2.45) is 11.8 Å². The minimum absolute atomic E-state index is 0.408. The third-order valence-corrected chi connectivity index (χ3v) is 6.79. The van der Waals surface area contributed by atoms with Crippen molar-refractivity contribution < 1.29 is 4.74 Å². The van der Waals surface area contributed by atoms with Gasteiger partial charge in [0.2, 0.25) is 0 Å². The molecular weight excluding hydrogens is 260 g/mol. The zero-order valence-corrected chi connectivity index (χ0v) is 13.8. The van der Waals surface area contributed by atoms with E-state index in [-0.39, 0.29) is 0 Å². The maximum atomic E-state index is 5.70. The van der Waals surface area contributed by atoms with Crippen molar-refractivity contribution >= 4 is 0 Å². The quantitative estimate of drug-likeness (QED) is 0.862. The van der Waals surface area contributed by atoms with Crippen molar-refractivity contribution in [2.45, 2.75) is 82.0 Å². The van der Waals surface area contributed by atoms with E-state index in [1.54, 1.807) is 0 Å². The highest BCUT2D eigenvalue weighted by Crippen LogP contribution is 2.47. The first-order valence-electron chi connectivity index (χ1n) is 9.23. The number of hydrogen-bond acceptors (Lipinski definition) is 3. The van der Waals surface area contributed by atoms with Crippen LogP contribution in [0.2, 0.25) is 0 Å². The van der Waals surface area contributed by atoms with Crippen molar-refractivity contribution in [3.8, 4) is 0 Å². The lowest BCUT2D eigenvalue weighted by Crippen LogP contribution is -2.68. The molecular formula is C18H32N2O. The molecule has 4 aliphatic rings. The van der Waals surface area contributed by atoms with Crippen LogP contribution in [-0.4, -0.2) is 48.8 Å². The molecule has 0 radical (unpaired) electrons. The van der Waals surface area contributed by atoms with Crippen LogP contribution in [0.15, 0.2) is 0 Å². The van der Waals surface area contributed by atoms with Crippen molar-refractivity contribution in [3.63, 3.8) is 0 Å². The molecule has 0 aromatic carbocycles. The van der Waals surface area contributed by atoms with E-state index in [1.165, 1.54) is 64.5 Å². The zero-order valence-electron chi connectivity index (χ0n) is 13.8. The van der Waals surface area contributed by atoms with E-state index in [2.05, 4.69) is 17.1 Å². The molecule has 3 nitrogen and oxygen atoms in total. The smallest absolute Gasteiger partial charge is 0.0586 e. The Hall–Kier alpha value is -0.120. The summed E-state index contributed by atoms with van der Waals surface area (Å²) in [5, 5.41) is 3.91. The number of methoxy groups -OCH3 is 1. The molecule has 3 saturated carbocycles. The van der Waals surface area contributed by atoms with E-state index in [9.17, 15) is 0 Å². The fraction of sp³-hybridized carbons (Fsp3) is 1.00. The van der Waals surface area contributed by atoms with Gasteiger partial charge in [0.25, 0.3) is 0 Å². The lowest BCUT2D eigenvalue weighted by atomic mass is 9.82. The average molecular weight is 292 g/mol. The molecule has 1 heterocycles. The molecule has 4 rings (SSSR count). The molecule has 0 spiro atoms. The second-order valence-corrected chi connectivity index (χ2v) is 8.29. The van der Waals surface area contributed by atoms with Crippen LogP contribution in [0.3, 0.4) is 0 Å². The molecule has 3 heteroatoms. The summed E-state index contributed by atoms with van der Waals surface area (Å²) in [7, 11) is 1.90. The van der Waals surface area contributed by atoms with Gasteiger partial charge in [0.05, 0.1) is 6.10 Å². The van der Waals surface area contributed by atoms with Gasteiger partial charge in [-0.1, -0.05) is 0 Å². The summed E-state index contributed by atoms with van der Waals surface area (Å²) in [6.45, 7) is 5.04. The lowest BCUT2D eigenvalue weighted by molar-refractivity contribution is -0.0451. The van der Waals surface area contributed by atoms with Gasteiger partial charge in [-0.15, -0.1) is 0 Å². The number of hydrogen-bond donors (Lipinski definition) is 1. The molecule has 3 aliphatic carbocycles. The van der Waals surface area contributed by atoms with Crippen molar-refractivity contribution in [1.82, 2.24) is 10.2 Å². The molecule has 21 heavy (non-hydrogen) atoms. The zero-order chi connectivity index (χ0) is 14.4. The fourth-order valence-electron chi connectivity index (χ4n) is 5.01. The van der Waals surface area contributed by atoms with Crippen LogP contribution in [0.4, 0.5) is 0 Å². The predicted molar refractivity (Wildman–Crippen MR) is 85.4 cm³/mol. The lowest BCUT2D eigenvalue weighted by Gasteiger charge is -2.53. The second kappa shape index (κ2) is 5.50. The van der Waals surface area contributed by atoms with Gasteiger partial charge in [0.1, 0.15) is 0 Å². The Balaban J connectivity index is 1.51. The third-order valence-electron chi connectivity index (χ3n) is 6.79. The monoisotopic (exact) mass is 292 g/mol. The van der Waals surface area contributed by atoms with Gasteiger partial charge in [-0.2, -0.15) is 0 Å². The molecule has 0 aromatic heterocycles. The van der Waals surface area contributed by atoms with E-state index >= 15 is 0 Å². The van der Waals surface area contributed by atoms with E-state index in [1.807, 2.05) is 7.11 Å².